The summed E-state index contributed by atoms with van der Waals surface area (Å²) in [6.45, 7) is 0.207. The minimum absolute atomic E-state index is 0.0141. The molecule has 20 heavy (non-hydrogen) atoms. The van der Waals surface area contributed by atoms with Crippen molar-refractivity contribution in [2.75, 3.05) is 18.4 Å². The average Bonchev–Trinajstić information content (AvgIpc) is 2.34. The second-order valence-electron chi connectivity index (χ2n) is 3.75. The third-order valence-electron chi connectivity index (χ3n) is 2.16. The number of benzene rings is 1. The van der Waals surface area contributed by atoms with Crippen LogP contribution in [-0.2, 0) is 6.18 Å². The Morgan fingerprint density at radius 2 is 1.80 bits per heavy atom. The van der Waals surface area contributed by atoms with Crippen molar-refractivity contribution >= 4 is 17.7 Å². The van der Waals surface area contributed by atoms with Crippen molar-refractivity contribution in [1.82, 2.24) is 10.6 Å². The van der Waals surface area contributed by atoms with Gasteiger partial charge >= 0.3 is 18.2 Å². The summed E-state index contributed by atoms with van der Waals surface area (Å²) in [5.41, 5.74) is 3.96. The number of nitrogens with one attached hydrogen (secondary N) is 3. The number of nitrogens with two attached hydrogens (primary N) is 1. The van der Waals surface area contributed by atoms with Gasteiger partial charge in [-0.05, 0) is 18.2 Å². The number of carbonyl (C=O) groups is 2. The first kappa shape index (κ1) is 15.6. The van der Waals surface area contributed by atoms with E-state index in [-0.39, 0.29) is 18.8 Å². The second kappa shape index (κ2) is 6.64. The van der Waals surface area contributed by atoms with Gasteiger partial charge in [-0.15, -0.1) is 0 Å². The number of carbonyl (C=O) groups excluding carboxylic acids is 2. The third-order valence-corrected chi connectivity index (χ3v) is 2.16. The van der Waals surface area contributed by atoms with Crippen LogP contribution < -0.4 is 21.7 Å². The predicted octanol–water partition coefficient (Wildman–Crippen LogP) is 1.50. The Morgan fingerprint density at radius 3 is 2.40 bits per heavy atom. The van der Waals surface area contributed by atoms with Crippen LogP contribution in [-0.4, -0.2) is 25.2 Å². The fourth-order valence-corrected chi connectivity index (χ4v) is 1.31. The van der Waals surface area contributed by atoms with E-state index in [9.17, 15) is 22.8 Å². The van der Waals surface area contributed by atoms with Crippen molar-refractivity contribution in [3.05, 3.63) is 29.8 Å². The molecule has 1 aromatic carbocycles. The van der Waals surface area contributed by atoms with E-state index in [1.807, 2.05) is 0 Å². The fraction of sp³-hybridized carbons (Fsp3) is 0.273. The van der Waals surface area contributed by atoms with Crippen LogP contribution in [0.2, 0.25) is 0 Å². The van der Waals surface area contributed by atoms with Gasteiger partial charge in [-0.1, -0.05) is 6.07 Å². The van der Waals surface area contributed by atoms with Crippen molar-refractivity contribution in [2.24, 2.45) is 5.73 Å². The van der Waals surface area contributed by atoms with Gasteiger partial charge in [-0.3, -0.25) is 0 Å². The van der Waals surface area contributed by atoms with E-state index < -0.39 is 23.8 Å². The molecule has 4 amide bonds. The normalized spacial score (nSPS) is 10.8. The summed E-state index contributed by atoms with van der Waals surface area (Å²) in [6.07, 6.45) is -4.47. The van der Waals surface area contributed by atoms with E-state index in [0.717, 1.165) is 12.1 Å². The van der Waals surface area contributed by atoms with Crippen molar-refractivity contribution in [3.8, 4) is 0 Å². The Kier molecular flexibility index (Phi) is 5.18. The number of halogens is 3. The summed E-state index contributed by atoms with van der Waals surface area (Å²) >= 11 is 0. The molecule has 0 saturated carbocycles. The SMILES string of the molecule is NC(=O)NCCNC(=O)Nc1cccc(C(F)(F)F)c1. The lowest BCUT2D eigenvalue weighted by Crippen LogP contribution is -2.38. The summed E-state index contributed by atoms with van der Waals surface area (Å²) in [5.74, 6) is 0. The lowest BCUT2D eigenvalue weighted by atomic mass is 10.2. The van der Waals surface area contributed by atoms with E-state index in [1.165, 1.54) is 12.1 Å². The summed E-state index contributed by atoms with van der Waals surface area (Å²) in [4.78, 5) is 21.7. The topological polar surface area (TPSA) is 96.2 Å². The monoisotopic (exact) mass is 290 g/mol. The van der Waals surface area contributed by atoms with Crippen LogP contribution in [0.4, 0.5) is 28.4 Å². The van der Waals surface area contributed by atoms with Gasteiger partial charge in [0.25, 0.3) is 0 Å². The van der Waals surface area contributed by atoms with Crippen molar-refractivity contribution in [2.45, 2.75) is 6.18 Å². The van der Waals surface area contributed by atoms with E-state index in [4.69, 9.17) is 5.73 Å². The molecule has 0 aromatic heterocycles. The molecular formula is C11H13F3N4O2. The Balaban J connectivity index is 2.48. The minimum atomic E-state index is -4.47. The van der Waals surface area contributed by atoms with E-state index >= 15 is 0 Å². The minimum Gasteiger partial charge on any atom is -0.352 e. The molecule has 110 valence electrons. The molecule has 0 heterocycles. The maximum Gasteiger partial charge on any atom is 0.416 e. The highest BCUT2D eigenvalue weighted by Crippen LogP contribution is 2.30. The van der Waals surface area contributed by atoms with Crippen LogP contribution in [0.3, 0.4) is 0 Å². The molecule has 0 bridgehead atoms. The van der Waals surface area contributed by atoms with Gasteiger partial charge in [0, 0.05) is 18.8 Å². The van der Waals surface area contributed by atoms with Crippen LogP contribution in [0, 0.1) is 0 Å². The maximum atomic E-state index is 12.4. The molecule has 0 saturated heterocycles. The number of alkyl halides is 3. The molecule has 0 aliphatic carbocycles. The Labute approximate surface area is 112 Å². The molecule has 0 atom stereocenters. The zero-order valence-corrected chi connectivity index (χ0v) is 10.3. The first-order chi connectivity index (χ1) is 9.29. The number of amides is 4. The molecule has 9 heteroatoms. The van der Waals surface area contributed by atoms with Crippen LogP contribution in [0.15, 0.2) is 24.3 Å². The summed E-state index contributed by atoms with van der Waals surface area (Å²) in [6, 6.07) is 2.82. The van der Waals surface area contributed by atoms with Crippen LogP contribution in [0.25, 0.3) is 0 Å². The van der Waals surface area contributed by atoms with Crippen molar-refractivity contribution < 1.29 is 22.8 Å². The Morgan fingerprint density at radius 1 is 1.15 bits per heavy atom. The predicted molar refractivity (Wildman–Crippen MR) is 66.1 cm³/mol. The molecule has 0 radical (unpaired) electrons. The Hall–Kier alpha value is -2.45. The molecule has 0 aliphatic rings. The van der Waals surface area contributed by atoms with Crippen LogP contribution >= 0.6 is 0 Å². The molecule has 0 aliphatic heterocycles. The number of rotatable bonds is 4. The molecule has 0 fully saturated rings. The molecule has 0 spiro atoms. The van der Waals surface area contributed by atoms with Gasteiger partial charge in [0.05, 0.1) is 5.56 Å². The number of primary amides is 1. The smallest absolute Gasteiger partial charge is 0.352 e. The molecule has 1 aromatic rings. The number of hydrogen-bond acceptors (Lipinski definition) is 2. The molecular weight excluding hydrogens is 277 g/mol. The first-order valence-corrected chi connectivity index (χ1v) is 5.54. The Bertz CT molecular complexity index is 491. The summed E-state index contributed by atoms with van der Waals surface area (Å²) < 4.78 is 37.3. The zero-order valence-electron chi connectivity index (χ0n) is 10.3. The second-order valence-corrected chi connectivity index (χ2v) is 3.75. The fourth-order valence-electron chi connectivity index (χ4n) is 1.31. The van der Waals surface area contributed by atoms with Crippen LogP contribution in [0.5, 0.6) is 0 Å². The van der Waals surface area contributed by atoms with Gasteiger partial charge in [0.2, 0.25) is 0 Å². The van der Waals surface area contributed by atoms with Gasteiger partial charge in [-0.25, -0.2) is 9.59 Å². The standard InChI is InChI=1S/C11H13F3N4O2/c12-11(13,14)7-2-1-3-8(6-7)18-10(20)17-5-4-16-9(15)19/h1-3,6H,4-5H2,(H3,15,16,19)(H2,17,18,20). The molecule has 0 unspecified atom stereocenters. The highest BCUT2D eigenvalue weighted by molar-refractivity contribution is 5.89. The van der Waals surface area contributed by atoms with Crippen molar-refractivity contribution in [1.29, 1.82) is 0 Å². The quantitative estimate of drug-likeness (QED) is 0.632. The highest BCUT2D eigenvalue weighted by Gasteiger charge is 2.30. The lowest BCUT2D eigenvalue weighted by molar-refractivity contribution is -0.137. The van der Waals surface area contributed by atoms with E-state index in [2.05, 4.69) is 16.0 Å². The molecule has 6 nitrogen and oxygen atoms in total. The maximum absolute atomic E-state index is 12.4. The van der Waals surface area contributed by atoms with Gasteiger partial charge in [0.1, 0.15) is 0 Å². The van der Waals surface area contributed by atoms with Gasteiger partial charge < -0.3 is 21.7 Å². The average molecular weight is 290 g/mol. The van der Waals surface area contributed by atoms with Crippen LogP contribution in [0.1, 0.15) is 5.56 Å². The third kappa shape index (κ3) is 5.46. The number of urea groups is 2. The highest BCUT2D eigenvalue weighted by atomic mass is 19.4. The number of hydrogen-bond donors (Lipinski definition) is 4. The van der Waals surface area contributed by atoms with E-state index in [0.29, 0.717) is 0 Å². The summed E-state index contributed by atoms with van der Waals surface area (Å²) in [7, 11) is 0. The zero-order chi connectivity index (χ0) is 15.2. The van der Waals surface area contributed by atoms with E-state index in [1.54, 1.807) is 0 Å². The van der Waals surface area contributed by atoms with Gasteiger partial charge in [-0.2, -0.15) is 13.2 Å². The van der Waals surface area contributed by atoms with Crippen molar-refractivity contribution in [3.63, 3.8) is 0 Å². The lowest BCUT2D eigenvalue weighted by Gasteiger charge is -2.10. The summed E-state index contributed by atoms with van der Waals surface area (Å²) in [5, 5.41) is 6.83. The largest absolute Gasteiger partial charge is 0.416 e. The number of anilines is 1. The first-order valence-electron chi connectivity index (χ1n) is 5.54. The molecule has 5 N–H and O–H groups in total. The van der Waals surface area contributed by atoms with Gasteiger partial charge in [0.15, 0.2) is 0 Å². The molecule has 1 rings (SSSR count).